The van der Waals surface area contributed by atoms with Gasteiger partial charge < -0.3 is 14.5 Å². The maximum absolute atomic E-state index is 12.4. The molecule has 0 saturated carbocycles. The summed E-state index contributed by atoms with van der Waals surface area (Å²) in [5, 5.41) is 8.16. The minimum atomic E-state index is -0.0131. The highest BCUT2D eigenvalue weighted by atomic mass is 16.5. The molecule has 3 aromatic rings. The summed E-state index contributed by atoms with van der Waals surface area (Å²) in [5.74, 6) is 1.45. The first-order chi connectivity index (χ1) is 12.7. The number of rotatable bonds is 4. The van der Waals surface area contributed by atoms with Crippen LogP contribution in [0.25, 0.3) is 11.2 Å². The van der Waals surface area contributed by atoms with Crippen LogP contribution in [0.3, 0.4) is 0 Å². The largest absolute Gasteiger partial charge is 0.484 e. The minimum absolute atomic E-state index is 0.0131. The van der Waals surface area contributed by atoms with Crippen molar-refractivity contribution in [3.63, 3.8) is 0 Å². The van der Waals surface area contributed by atoms with Gasteiger partial charge in [0, 0.05) is 33.2 Å². The summed E-state index contributed by atoms with van der Waals surface area (Å²) < 4.78 is 7.17. The first-order valence-electron chi connectivity index (χ1n) is 8.43. The Morgan fingerprint density at radius 3 is 2.65 bits per heavy atom. The predicted octanol–water partition coefficient (Wildman–Crippen LogP) is 0.486. The van der Waals surface area contributed by atoms with E-state index in [1.165, 1.54) is 6.33 Å². The molecule has 0 atom stereocenters. The Kier molecular flexibility index (Phi) is 4.34. The molecule has 9 heteroatoms. The quantitative estimate of drug-likeness (QED) is 0.674. The van der Waals surface area contributed by atoms with Crippen molar-refractivity contribution in [2.75, 3.05) is 37.7 Å². The topological polar surface area (TPSA) is 89.3 Å². The number of carbonyl (C=O) groups excluding carboxylic acids is 1. The number of benzene rings is 1. The Labute approximate surface area is 150 Å². The first-order valence-corrected chi connectivity index (χ1v) is 8.43. The second-order valence-electron chi connectivity index (χ2n) is 6.05. The number of nitrogens with zero attached hydrogens (tertiary/aromatic N) is 7. The average molecular weight is 353 g/mol. The molecule has 9 nitrogen and oxygen atoms in total. The van der Waals surface area contributed by atoms with Gasteiger partial charge in [-0.1, -0.05) is 23.4 Å². The Morgan fingerprint density at radius 2 is 1.88 bits per heavy atom. The molecule has 0 bridgehead atoms. The Morgan fingerprint density at radius 1 is 1.12 bits per heavy atom. The first kappa shape index (κ1) is 16.2. The summed E-state index contributed by atoms with van der Waals surface area (Å²) in [6, 6.07) is 9.36. The van der Waals surface area contributed by atoms with Gasteiger partial charge in [0.05, 0.1) is 0 Å². The van der Waals surface area contributed by atoms with Crippen molar-refractivity contribution in [3.8, 4) is 5.75 Å². The normalized spacial score (nSPS) is 14.7. The molecule has 1 fully saturated rings. The molecule has 1 aliphatic heterocycles. The fourth-order valence-corrected chi connectivity index (χ4v) is 2.99. The van der Waals surface area contributed by atoms with Gasteiger partial charge in [-0.2, -0.15) is 0 Å². The number of anilines is 1. The van der Waals surface area contributed by atoms with Crippen LogP contribution in [0.1, 0.15) is 0 Å². The molecule has 4 rings (SSSR count). The van der Waals surface area contributed by atoms with E-state index in [-0.39, 0.29) is 12.5 Å². The number of aryl methyl sites for hydroxylation is 1. The molecule has 0 radical (unpaired) electrons. The van der Waals surface area contributed by atoms with Gasteiger partial charge in [-0.3, -0.25) is 4.79 Å². The fourth-order valence-electron chi connectivity index (χ4n) is 2.99. The number of hydrogen-bond donors (Lipinski definition) is 0. The number of carbonyl (C=O) groups is 1. The van der Waals surface area contributed by atoms with Crippen LogP contribution in [0.15, 0.2) is 36.7 Å². The minimum Gasteiger partial charge on any atom is -0.484 e. The highest BCUT2D eigenvalue weighted by Gasteiger charge is 2.24. The summed E-state index contributed by atoms with van der Waals surface area (Å²) in [6.45, 7) is 2.64. The molecule has 0 aliphatic carbocycles. The number of ether oxygens (including phenoxy) is 1. The second kappa shape index (κ2) is 6.95. The van der Waals surface area contributed by atoms with E-state index in [2.05, 4.69) is 25.2 Å². The van der Waals surface area contributed by atoms with Crippen LogP contribution >= 0.6 is 0 Å². The van der Waals surface area contributed by atoms with Crippen molar-refractivity contribution in [1.29, 1.82) is 0 Å². The lowest BCUT2D eigenvalue weighted by Gasteiger charge is -2.35. The van der Waals surface area contributed by atoms with Crippen LogP contribution in [0.5, 0.6) is 5.75 Å². The van der Waals surface area contributed by atoms with Crippen molar-refractivity contribution in [3.05, 3.63) is 36.7 Å². The van der Waals surface area contributed by atoms with Crippen molar-refractivity contribution < 1.29 is 9.53 Å². The molecule has 1 saturated heterocycles. The lowest BCUT2D eigenvalue weighted by Crippen LogP contribution is -2.50. The number of aromatic nitrogens is 5. The van der Waals surface area contributed by atoms with Crippen molar-refractivity contribution >= 4 is 22.9 Å². The highest BCUT2D eigenvalue weighted by molar-refractivity contribution is 5.83. The summed E-state index contributed by atoms with van der Waals surface area (Å²) in [7, 11) is 1.80. The summed E-state index contributed by atoms with van der Waals surface area (Å²) in [5.41, 5.74) is 1.38. The van der Waals surface area contributed by atoms with E-state index in [0.717, 1.165) is 5.82 Å². The van der Waals surface area contributed by atoms with Gasteiger partial charge >= 0.3 is 0 Å². The third-order valence-corrected chi connectivity index (χ3v) is 4.41. The second-order valence-corrected chi connectivity index (χ2v) is 6.05. The van der Waals surface area contributed by atoms with Crippen LogP contribution in [0.4, 0.5) is 5.82 Å². The third-order valence-electron chi connectivity index (χ3n) is 4.41. The lowest BCUT2D eigenvalue weighted by molar-refractivity contribution is -0.133. The molecule has 0 spiro atoms. The molecule has 0 unspecified atom stereocenters. The molecule has 26 heavy (non-hydrogen) atoms. The van der Waals surface area contributed by atoms with Crippen LogP contribution in [-0.2, 0) is 11.8 Å². The number of fused-ring (bicyclic) bond motifs is 1. The molecular weight excluding hydrogens is 334 g/mol. The van der Waals surface area contributed by atoms with Gasteiger partial charge in [-0.15, -0.1) is 5.10 Å². The maximum Gasteiger partial charge on any atom is 0.260 e. The standard InChI is InChI=1S/C17H19N7O2/c1-22-16-15(20-21-22)17(19-12-18-16)24-9-7-23(8-10-24)14(25)11-26-13-5-3-2-4-6-13/h2-6,12H,7-11H2,1H3. The molecule has 2 aromatic heterocycles. The summed E-state index contributed by atoms with van der Waals surface area (Å²) >= 11 is 0. The van der Waals surface area contributed by atoms with Gasteiger partial charge in [0.2, 0.25) is 0 Å². The van der Waals surface area contributed by atoms with Crippen molar-refractivity contribution in [2.24, 2.45) is 7.05 Å². The van der Waals surface area contributed by atoms with Crippen LogP contribution in [0, 0.1) is 0 Å². The molecule has 1 amide bonds. The van der Waals surface area contributed by atoms with Gasteiger partial charge in [-0.05, 0) is 12.1 Å². The van der Waals surface area contributed by atoms with Crippen LogP contribution in [-0.4, -0.2) is 68.6 Å². The van der Waals surface area contributed by atoms with E-state index in [9.17, 15) is 4.79 Å². The lowest BCUT2D eigenvalue weighted by atomic mass is 10.3. The number of para-hydroxylation sites is 1. The fraction of sp³-hybridized carbons (Fsp3) is 0.353. The molecule has 134 valence electrons. The van der Waals surface area contributed by atoms with Gasteiger partial charge in [0.1, 0.15) is 12.1 Å². The predicted molar refractivity (Wildman–Crippen MR) is 94.8 cm³/mol. The summed E-state index contributed by atoms with van der Waals surface area (Å²) in [6.07, 6.45) is 1.52. The zero-order valence-electron chi connectivity index (χ0n) is 14.4. The molecule has 1 aliphatic rings. The summed E-state index contributed by atoms with van der Waals surface area (Å²) in [4.78, 5) is 24.9. The zero-order chi connectivity index (χ0) is 17.9. The number of amides is 1. The maximum atomic E-state index is 12.4. The number of piperazine rings is 1. The third kappa shape index (κ3) is 3.15. The van der Waals surface area contributed by atoms with Crippen LogP contribution in [0.2, 0.25) is 0 Å². The van der Waals surface area contributed by atoms with E-state index < -0.39 is 0 Å². The molecular formula is C17H19N7O2. The monoisotopic (exact) mass is 353 g/mol. The van der Waals surface area contributed by atoms with Crippen LogP contribution < -0.4 is 9.64 Å². The molecule has 0 N–H and O–H groups in total. The molecule has 3 heterocycles. The Bertz CT molecular complexity index is 904. The number of hydrogen-bond acceptors (Lipinski definition) is 7. The van der Waals surface area contributed by atoms with E-state index in [1.54, 1.807) is 11.7 Å². The molecule has 1 aromatic carbocycles. The SMILES string of the molecule is Cn1nnc2c(N3CCN(C(=O)COc4ccccc4)CC3)ncnc21. The zero-order valence-corrected chi connectivity index (χ0v) is 14.4. The van der Waals surface area contributed by atoms with E-state index in [1.807, 2.05) is 35.2 Å². The van der Waals surface area contributed by atoms with Gasteiger partial charge in [-0.25, -0.2) is 14.6 Å². The average Bonchev–Trinajstić information content (AvgIpc) is 3.08. The Balaban J connectivity index is 1.37. The van der Waals surface area contributed by atoms with Crippen molar-refractivity contribution in [2.45, 2.75) is 0 Å². The van der Waals surface area contributed by atoms with Gasteiger partial charge in [0.15, 0.2) is 23.6 Å². The van der Waals surface area contributed by atoms with E-state index >= 15 is 0 Å². The smallest absolute Gasteiger partial charge is 0.260 e. The Hall–Kier alpha value is -3.23. The van der Waals surface area contributed by atoms with Gasteiger partial charge in [0.25, 0.3) is 5.91 Å². The highest BCUT2D eigenvalue weighted by Crippen LogP contribution is 2.21. The van der Waals surface area contributed by atoms with E-state index in [0.29, 0.717) is 43.1 Å². The van der Waals surface area contributed by atoms with Crippen molar-refractivity contribution in [1.82, 2.24) is 29.9 Å². The van der Waals surface area contributed by atoms with E-state index in [4.69, 9.17) is 4.74 Å².